The number of rotatable bonds is 4. The number of morpholine rings is 1. The predicted octanol–water partition coefficient (Wildman–Crippen LogP) is 2.04. The molecule has 140 valence electrons. The molecule has 2 fully saturated rings. The van der Waals surface area contributed by atoms with Crippen LogP contribution in [0.3, 0.4) is 0 Å². The smallest absolute Gasteiger partial charge is 0.292 e. The van der Waals surface area contributed by atoms with Gasteiger partial charge in [-0.2, -0.15) is 0 Å². The summed E-state index contributed by atoms with van der Waals surface area (Å²) in [7, 11) is 0. The maximum Gasteiger partial charge on any atom is 0.292 e. The maximum atomic E-state index is 13.1. The van der Waals surface area contributed by atoms with Gasteiger partial charge in [0.2, 0.25) is 5.91 Å². The van der Waals surface area contributed by atoms with Crippen molar-refractivity contribution in [1.82, 2.24) is 0 Å². The normalized spacial score (nSPS) is 21.1. The number of anilines is 1. The molecule has 0 unspecified atom stereocenters. The molecular weight excluding hydrogens is 384 g/mol. The highest BCUT2D eigenvalue weighted by molar-refractivity contribution is 7.99. The minimum atomic E-state index is -0.310. The van der Waals surface area contributed by atoms with Crippen LogP contribution >= 0.6 is 23.4 Å². The number of benzene rings is 2. The molecule has 27 heavy (non-hydrogen) atoms. The zero-order valence-electron chi connectivity index (χ0n) is 14.7. The van der Waals surface area contributed by atoms with E-state index in [9.17, 15) is 9.59 Å². The fraction of sp³-hybridized carbons (Fsp3) is 0.300. The van der Waals surface area contributed by atoms with E-state index in [0.717, 1.165) is 27.8 Å². The second-order valence-electron chi connectivity index (χ2n) is 6.62. The summed E-state index contributed by atoms with van der Waals surface area (Å²) in [6, 6.07) is 14.8. The number of hydrogen-bond acceptors (Lipinski definition) is 4. The number of imide groups is 1. The van der Waals surface area contributed by atoms with Gasteiger partial charge < -0.3 is 9.64 Å². The summed E-state index contributed by atoms with van der Waals surface area (Å²) in [6.45, 7) is 2.80. The Balaban J connectivity index is 1.60. The van der Waals surface area contributed by atoms with Crippen LogP contribution < -0.4 is 9.80 Å². The molecule has 2 saturated heterocycles. The first-order valence-electron chi connectivity index (χ1n) is 8.95. The quantitative estimate of drug-likeness (QED) is 0.794. The van der Waals surface area contributed by atoms with Crippen molar-refractivity contribution in [3.8, 4) is 0 Å². The van der Waals surface area contributed by atoms with E-state index in [1.165, 1.54) is 16.7 Å². The standard InChI is InChI=1S/C20H19ClN2O3S/c21-14-5-7-15(8-6-14)27-18-4-2-1-3-16(18)23-19(24)13-17(20(23)25)22-9-11-26-12-10-22/h1-8,17H,9-13H2/p+1/t17-/m0/s1. The number of carbonyl (C=O) groups is 2. The Bertz CT molecular complexity index is 853. The van der Waals surface area contributed by atoms with E-state index in [-0.39, 0.29) is 24.3 Å². The van der Waals surface area contributed by atoms with Gasteiger partial charge in [0.1, 0.15) is 13.1 Å². The number of ether oxygens (including phenoxy) is 1. The Morgan fingerprint density at radius 1 is 1.04 bits per heavy atom. The third kappa shape index (κ3) is 3.89. The van der Waals surface area contributed by atoms with Crippen LogP contribution in [0.4, 0.5) is 5.69 Å². The number of halogens is 1. The van der Waals surface area contributed by atoms with E-state index in [2.05, 4.69) is 0 Å². The number of carbonyl (C=O) groups excluding carboxylic acids is 2. The van der Waals surface area contributed by atoms with Crippen molar-refractivity contribution in [3.05, 3.63) is 53.6 Å². The average Bonchev–Trinajstić information content (AvgIpc) is 2.99. The van der Waals surface area contributed by atoms with E-state index in [0.29, 0.717) is 23.9 Å². The summed E-state index contributed by atoms with van der Waals surface area (Å²) in [5, 5.41) is 0.675. The fourth-order valence-corrected chi connectivity index (χ4v) is 4.61. The van der Waals surface area contributed by atoms with Crippen molar-refractivity contribution in [2.45, 2.75) is 22.3 Å². The molecule has 2 aliphatic heterocycles. The minimum absolute atomic E-state index is 0.110. The predicted molar refractivity (Wildman–Crippen MR) is 104 cm³/mol. The monoisotopic (exact) mass is 403 g/mol. The molecule has 0 aromatic heterocycles. The topological polar surface area (TPSA) is 51.1 Å². The second-order valence-corrected chi connectivity index (χ2v) is 8.17. The second kappa shape index (κ2) is 8.02. The van der Waals surface area contributed by atoms with Gasteiger partial charge in [-0.15, -0.1) is 0 Å². The van der Waals surface area contributed by atoms with Crippen molar-refractivity contribution in [2.75, 3.05) is 31.2 Å². The summed E-state index contributed by atoms with van der Waals surface area (Å²) < 4.78 is 5.38. The molecule has 5 nitrogen and oxygen atoms in total. The summed E-state index contributed by atoms with van der Waals surface area (Å²) in [5.74, 6) is -0.241. The molecule has 2 aromatic carbocycles. The van der Waals surface area contributed by atoms with Crippen LogP contribution in [0.5, 0.6) is 0 Å². The zero-order chi connectivity index (χ0) is 18.8. The highest BCUT2D eigenvalue weighted by Gasteiger charge is 2.46. The molecule has 1 atom stereocenters. The van der Waals surface area contributed by atoms with E-state index < -0.39 is 0 Å². The first kappa shape index (κ1) is 18.5. The zero-order valence-corrected chi connectivity index (χ0v) is 16.3. The number of nitrogens with zero attached hydrogens (tertiary/aromatic N) is 1. The molecule has 0 saturated carbocycles. The van der Waals surface area contributed by atoms with Crippen LogP contribution in [0.1, 0.15) is 6.42 Å². The lowest BCUT2D eigenvalue weighted by atomic mass is 10.2. The SMILES string of the molecule is O=C1C[C@H]([NH+]2CCOCC2)C(=O)N1c1ccccc1Sc1ccc(Cl)cc1. The van der Waals surface area contributed by atoms with E-state index >= 15 is 0 Å². The van der Waals surface area contributed by atoms with Crippen molar-refractivity contribution in [1.29, 1.82) is 0 Å². The van der Waals surface area contributed by atoms with Gasteiger partial charge in [0, 0.05) is 14.8 Å². The molecule has 0 aliphatic carbocycles. The first-order valence-corrected chi connectivity index (χ1v) is 10.1. The third-order valence-corrected chi connectivity index (χ3v) is 6.25. The van der Waals surface area contributed by atoms with Crippen molar-refractivity contribution in [2.24, 2.45) is 0 Å². The molecule has 2 amide bonds. The Labute approximate surface area is 167 Å². The van der Waals surface area contributed by atoms with Crippen LogP contribution in [0.25, 0.3) is 0 Å². The minimum Gasteiger partial charge on any atom is -0.370 e. The molecule has 2 aliphatic rings. The lowest BCUT2D eigenvalue weighted by Crippen LogP contribution is -3.18. The Morgan fingerprint density at radius 3 is 2.48 bits per heavy atom. The lowest BCUT2D eigenvalue weighted by Gasteiger charge is -2.27. The molecule has 2 heterocycles. The van der Waals surface area contributed by atoms with E-state index in [4.69, 9.17) is 16.3 Å². The first-order chi connectivity index (χ1) is 13.1. The van der Waals surface area contributed by atoms with Crippen LogP contribution in [-0.4, -0.2) is 44.2 Å². The highest BCUT2D eigenvalue weighted by atomic mass is 35.5. The van der Waals surface area contributed by atoms with Crippen molar-refractivity contribution in [3.63, 3.8) is 0 Å². The van der Waals surface area contributed by atoms with Gasteiger partial charge in [-0.05, 0) is 36.4 Å². The van der Waals surface area contributed by atoms with Crippen LogP contribution in [0.15, 0.2) is 58.3 Å². The lowest BCUT2D eigenvalue weighted by molar-refractivity contribution is -0.922. The Morgan fingerprint density at radius 2 is 1.74 bits per heavy atom. The highest BCUT2D eigenvalue weighted by Crippen LogP contribution is 2.37. The largest absolute Gasteiger partial charge is 0.370 e. The molecule has 2 aromatic rings. The number of nitrogens with one attached hydrogen (secondary N) is 1. The van der Waals surface area contributed by atoms with Gasteiger partial charge in [-0.1, -0.05) is 35.5 Å². The molecule has 7 heteroatoms. The maximum absolute atomic E-state index is 13.1. The van der Waals surface area contributed by atoms with Gasteiger partial charge in [0.25, 0.3) is 5.91 Å². The van der Waals surface area contributed by atoms with E-state index in [1.807, 2.05) is 48.5 Å². The molecule has 0 bridgehead atoms. The molecule has 0 radical (unpaired) electrons. The fourth-order valence-electron chi connectivity index (χ4n) is 3.54. The molecular formula is C20H20ClN2O3S+. The summed E-state index contributed by atoms with van der Waals surface area (Å²) in [6.07, 6.45) is 0.258. The third-order valence-electron chi connectivity index (χ3n) is 4.92. The van der Waals surface area contributed by atoms with Gasteiger partial charge in [0.05, 0.1) is 25.3 Å². The Kier molecular flexibility index (Phi) is 5.50. The van der Waals surface area contributed by atoms with Crippen LogP contribution in [0, 0.1) is 0 Å². The number of amides is 2. The van der Waals surface area contributed by atoms with Crippen molar-refractivity contribution < 1.29 is 19.2 Å². The molecule has 0 spiro atoms. The number of quaternary nitrogens is 1. The average molecular weight is 404 g/mol. The summed E-state index contributed by atoms with van der Waals surface area (Å²) >= 11 is 7.48. The summed E-state index contributed by atoms with van der Waals surface area (Å²) in [5.41, 5.74) is 0.655. The summed E-state index contributed by atoms with van der Waals surface area (Å²) in [4.78, 5) is 30.2. The van der Waals surface area contributed by atoms with Gasteiger partial charge in [0.15, 0.2) is 6.04 Å². The van der Waals surface area contributed by atoms with Gasteiger partial charge >= 0.3 is 0 Å². The number of para-hydroxylation sites is 1. The van der Waals surface area contributed by atoms with E-state index in [1.54, 1.807) is 0 Å². The van der Waals surface area contributed by atoms with Gasteiger partial charge in [-0.3, -0.25) is 9.59 Å². The van der Waals surface area contributed by atoms with Crippen LogP contribution in [0.2, 0.25) is 5.02 Å². The number of hydrogen-bond donors (Lipinski definition) is 1. The van der Waals surface area contributed by atoms with Crippen molar-refractivity contribution >= 4 is 40.9 Å². The van der Waals surface area contributed by atoms with Gasteiger partial charge in [-0.25, -0.2) is 4.90 Å². The molecule has 1 N–H and O–H groups in total. The Hall–Kier alpha value is -1.86. The molecule has 4 rings (SSSR count). The van der Waals surface area contributed by atoms with Crippen LogP contribution in [-0.2, 0) is 14.3 Å².